The zero-order valence-corrected chi connectivity index (χ0v) is 13.5. The number of anilines is 1. The average molecular weight is 339 g/mol. The summed E-state index contributed by atoms with van der Waals surface area (Å²) >= 11 is 5.77. The molecule has 2 heterocycles. The number of fused-ring (bicyclic) bond motifs is 1. The third-order valence-electron chi connectivity index (χ3n) is 4.47. The van der Waals surface area contributed by atoms with Gasteiger partial charge in [-0.05, 0) is 31.5 Å². The smallest absolute Gasteiger partial charge is 0.289 e. The van der Waals surface area contributed by atoms with Gasteiger partial charge in [0.25, 0.3) is 5.69 Å². The molecule has 2 aliphatic heterocycles. The molecule has 1 atom stereocenters. The Kier molecular flexibility index (Phi) is 4.79. The minimum atomic E-state index is -0.558. The van der Waals surface area contributed by atoms with Crippen molar-refractivity contribution >= 4 is 28.9 Å². The van der Waals surface area contributed by atoms with Gasteiger partial charge in [0.15, 0.2) is 0 Å². The van der Waals surface area contributed by atoms with Crippen LogP contribution in [-0.4, -0.2) is 59.4 Å². The lowest BCUT2D eigenvalue weighted by atomic mass is 10.1. The average Bonchev–Trinajstić information content (AvgIpc) is 2.96. The Morgan fingerprint density at radius 3 is 3.00 bits per heavy atom. The molecular weight excluding hydrogens is 320 g/mol. The molecule has 1 aromatic carbocycles. The number of carbonyl (C=O) groups excluding carboxylic acids is 1. The van der Waals surface area contributed by atoms with Crippen LogP contribution < -0.4 is 5.32 Å². The molecule has 1 unspecified atom stereocenters. The summed E-state index contributed by atoms with van der Waals surface area (Å²) in [5, 5.41) is 13.7. The molecule has 2 fully saturated rings. The molecule has 1 aromatic rings. The molecule has 0 radical (unpaired) electrons. The van der Waals surface area contributed by atoms with E-state index in [1.54, 1.807) is 6.07 Å². The van der Waals surface area contributed by atoms with E-state index >= 15 is 0 Å². The van der Waals surface area contributed by atoms with Crippen molar-refractivity contribution in [3.05, 3.63) is 33.3 Å². The third kappa shape index (κ3) is 3.80. The van der Waals surface area contributed by atoms with E-state index in [1.807, 2.05) is 0 Å². The van der Waals surface area contributed by atoms with Crippen LogP contribution in [0.25, 0.3) is 0 Å². The minimum Gasteiger partial charge on any atom is -0.325 e. The summed E-state index contributed by atoms with van der Waals surface area (Å²) in [7, 11) is 0. The normalized spacial score (nSPS) is 21.9. The van der Waals surface area contributed by atoms with Crippen LogP contribution in [0.4, 0.5) is 11.4 Å². The number of hydrogen-bond donors (Lipinski definition) is 1. The Morgan fingerprint density at radius 2 is 2.22 bits per heavy atom. The van der Waals surface area contributed by atoms with Crippen molar-refractivity contribution in [1.82, 2.24) is 9.80 Å². The predicted octanol–water partition coefficient (Wildman–Crippen LogP) is 1.97. The van der Waals surface area contributed by atoms with Gasteiger partial charge in [-0.25, -0.2) is 0 Å². The molecule has 2 aliphatic rings. The number of benzene rings is 1. The molecule has 0 aromatic heterocycles. The summed E-state index contributed by atoms with van der Waals surface area (Å²) in [5.74, 6) is -0.159. The number of halogens is 1. The Labute approximate surface area is 139 Å². The second-order valence-corrected chi connectivity index (χ2v) is 6.45. The zero-order chi connectivity index (χ0) is 16.4. The minimum absolute atomic E-state index is 0.0605. The summed E-state index contributed by atoms with van der Waals surface area (Å²) in [4.78, 5) is 27.1. The van der Waals surface area contributed by atoms with E-state index in [1.165, 1.54) is 31.5 Å². The van der Waals surface area contributed by atoms with E-state index in [9.17, 15) is 14.9 Å². The number of nitrogens with zero attached hydrogens (tertiary/aromatic N) is 3. The van der Waals surface area contributed by atoms with Gasteiger partial charge in [-0.2, -0.15) is 0 Å². The maximum Gasteiger partial charge on any atom is 0.289 e. The highest BCUT2D eigenvalue weighted by Crippen LogP contribution is 2.27. The molecule has 2 saturated heterocycles. The summed E-state index contributed by atoms with van der Waals surface area (Å²) < 4.78 is 0. The molecule has 1 amide bonds. The largest absolute Gasteiger partial charge is 0.325 e. The van der Waals surface area contributed by atoms with Crippen molar-refractivity contribution in [3.8, 4) is 0 Å². The second kappa shape index (κ2) is 6.82. The first-order chi connectivity index (χ1) is 11.0. The first kappa shape index (κ1) is 16.2. The number of amides is 1. The van der Waals surface area contributed by atoms with Gasteiger partial charge in [-0.3, -0.25) is 24.7 Å². The van der Waals surface area contributed by atoms with Crippen LogP contribution >= 0.6 is 11.6 Å². The molecule has 0 saturated carbocycles. The van der Waals surface area contributed by atoms with Crippen molar-refractivity contribution in [3.63, 3.8) is 0 Å². The van der Waals surface area contributed by atoms with Crippen molar-refractivity contribution in [1.29, 1.82) is 0 Å². The van der Waals surface area contributed by atoms with E-state index in [4.69, 9.17) is 11.6 Å². The lowest BCUT2D eigenvalue weighted by Gasteiger charge is -2.37. The fourth-order valence-corrected chi connectivity index (χ4v) is 3.52. The maximum absolute atomic E-state index is 12.2. The standard InChI is InChI=1S/C15H19ClN4O3/c16-13-4-3-11(8-14(13)20(22)23)17-15(21)10-18-6-7-19-5-1-2-12(19)9-18/h3-4,8,12H,1-2,5-7,9-10H2,(H,17,21). The lowest BCUT2D eigenvalue weighted by Crippen LogP contribution is -2.51. The Hall–Kier alpha value is -1.70. The maximum atomic E-state index is 12.2. The Bertz CT molecular complexity index is 625. The molecule has 124 valence electrons. The summed E-state index contributed by atoms with van der Waals surface area (Å²) in [6, 6.07) is 4.84. The lowest BCUT2D eigenvalue weighted by molar-refractivity contribution is -0.384. The fourth-order valence-electron chi connectivity index (χ4n) is 3.33. The van der Waals surface area contributed by atoms with Gasteiger partial charge < -0.3 is 5.32 Å². The molecule has 0 bridgehead atoms. The van der Waals surface area contributed by atoms with Gasteiger partial charge in [-0.15, -0.1) is 0 Å². The second-order valence-electron chi connectivity index (χ2n) is 6.04. The molecule has 8 heteroatoms. The number of carbonyl (C=O) groups is 1. The highest BCUT2D eigenvalue weighted by atomic mass is 35.5. The van der Waals surface area contributed by atoms with Crippen LogP contribution in [0.2, 0.25) is 5.02 Å². The summed E-state index contributed by atoms with van der Waals surface area (Å²) in [5.41, 5.74) is 0.189. The number of rotatable bonds is 4. The molecule has 7 nitrogen and oxygen atoms in total. The van der Waals surface area contributed by atoms with Crippen LogP contribution in [-0.2, 0) is 4.79 Å². The van der Waals surface area contributed by atoms with Crippen LogP contribution in [0.1, 0.15) is 12.8 Å². The monoisotopic (exact) mass is 338 g/mol. The number of piperazine rings is 1. The highest BCUT2D eigenvalue weighted by molar-refractivity contribution is 6.32. The highest BCUT2D eigenvalue weighted by Gasteiger charge is 2.31. The molecule has 1 N–H and O–H groups in total. The number of nitro benzene ring substituents is 1. The van der Waals surface area contributed by atoms with Crippen LogP contribution in [0.5, 0.6) is 0 Å². The van der Waals surface area contributed by atoms with Crippen molar-refractivity contribution in [2.45, 2.75) is 18.9 Å². The Morgan fingerprint density at radius 1 is 1.39 bits per heavy atom. The van der Waals surface area contributed by atoms with E-state index in [2.05, 4.69) is 15.1 Å². The molecule has 3 rings (SSSR count). The fraction of sp³-hybridized carbons (Fsp3) is 0.533. The predicted molar refractivity (Wildman–Crippen MR) is 87.8 cm³/mol. The third-order valence-corrected chi connectivity index (χ3v) is 4.78. The topological polar surface area (TPSA) is 78.7 Å². The molecule has 0 aliphatic carbocycles. The first-order valence-corrected chi connectivity index (χ1v) is 8.11. The molecule has 23 heavy (non-hydrogen) atoms. The zero-order valence-electron chi connectivity index (χ0n) is 12.7. The number of nitrogens with one attached hydrogen (secondary N) is 1. The SMILES string of the molecule is O=C(CN1CCN2CCCC2C1)Nc1ccc(Cl)c([N+](=O)[O-])c1. The van der Waals surface area contributed by atoms with E-state index in [-0.39, 0.29) is 16.6 Å². The van der Waals surface area contributed by atoms with Gasteiger partial charge >= 0.3 is 0 Å². The van der Waals surface area contributed by atoms with E-state index in [0.717, 1.165) is 19.6 Å². The number of hydrogen-bond acceptors (Lipinski definition) is 5. The summed E-state index contributed by atoms with van der Waals surface area (Å²) in [6.07, 6.45) is 2.43. The van der Waals surface area contributed by atoms with Crippen LogP contribution in [0, 0.1) is 10.1 Å². The van der Waals surface area contributed by atoms with Crippen molar-refractivity contribution in [2.24, 2.45) is 0 Å². The van der Waals surface area contributed by atoms with Crippen LogP contribution in [0.3, 0.4) is 0 Å². The van der Waals surface area contributed by atoms with Crippen LogP contribution in [0.15, 0.2) is 18.2 Å². The van der Waals surface area contributed by atoms with Gasteiger partial charge in [0.1, 0.15) is 5.02 Å². The first-order valence-electron chi connectivity index (χ1n) is 7.73. The summed E-state index contributed by atoms with van der Waals surface area (Å²) in [6.45, 7) is 4.27. The van der Waals surface area contributed by atoms with Gasteiger partial charge in [-0.1, -0.05) is 11.6 Å². The molecule has 0 spiro atoms. The number of nitro groups is 1. The van der Waals surface area contributed by atoms with E-state index in [0.29, 0.717) is 18.3 Å². The van der Waals surface area contributed by atoms with Crippen molar-refractivity contribution < 1.29 is 9.72 Å². The van der Waals surface area contributed by atoms with Gasteiger partial charge in [0.2, 0.25) is 5.91 Å². The van der Waals surface area contributed by atoms with Gasteiger partial charge in [0, 0.05) is 37.4 Å². The van der Waals surface area contributed by atoms with Gasteiger partial charge in [0.05, 0.1) is 11.5 Å². The Balaban J connectivity index is 1.57. The quantitative estimate of drug-likeness (QED) is 0.670. The van der Waals surface area contributed by atoms with E-state index < -0.39 is 4.92 Å². The van der Waals surface area contributed by atoms with Crippen molar-refractivity contribution in [2.75, 3.05) is 38.0 Å². The molecular formula is C15H19ClN4O3.